The van der Waals surface area contributed by atoms with Crippen molar-refractivity contribution in [2.24, 2.45) is 0 Å². The van der Waals surface area contributed by atoms with E-state index >= 15 is 0 Å². The number of pyridine rings is 1. The lowest BCUT2D eigenvalue weighted by molar-refractivity contribution is 0.0592. The standard InChI is InChI=1S/C23H19NO4/c1-27-22(25)19-5-3-16(4-6-19)15-21(18-11-13-24-14-12-18)17-7-9-20(10-8-17)23(26)28-2/h3-15H,1-2H3/b21-15+. The van der Waals surface area contributed by atoms with Crippen LogP contribution in [0.15, 0.2) is 73.1 Å². The average molecular weight is 373 g/mol. The molecule has 0 aliphatic rings. The number of aromatic nitrogens is 1. The molecule has 1 heterocycles. The SMILES string of the molecule is COC(=O)c1ccc(/C=C(/c2ccncc2)c2ccc(C(=O)OC)cc2)cc1. The van der Waals surface area contributed by atoms with Crippen LogP contribution in [0.3, 0.4) is 0 Å². The van der Waals surface area contributed by atoms with Gasteiger partial charge in [-0.15, -0.1) is 0 Å². The van der Waals surface area contributed by atoms with Crippen molar-refractivity contribution >= 4 is 23.6 Å². The van der Waals surface area contributed by atoms with Crippen LogP contribution in [0, 0.1) is 0 Å². The van der Waals surface area contributed by atoms with Crippen LogP contribution < -0.4 is 0 Å². The van der Waals surface area contributed by atoms with E-state index < -0.39 is 0 Å². The number of esters is 2. The molecule has 0 saturated carbocycles. The zero-order chi connectivity index (χ0) is 19.9. The van der Waals surface area contributed by atoms with E-state index in [-0.39, 0.29) is 11.9 Å². The van der Waals surface area contributed by atoms with Crippen molar-refractivity contribution in [2.75, 3.05) is 14.2 Å². The highest BCUT2D eigenvalue weighted by Crippen LogP contribution is 2.26. The van der Waals surface area contributed by atoms with E-state index in [4.69, 9.17) is 9.47 Å². The fourth-order valence-corrected chi connectivity index (χ4v) is 2.77. The summed E-state index contributed by atoms with van der Waals surface area (Å²) in [7, 11) is 2.71. The van der Waals surface area contributed by atoms with Crippen molar-refractivity contribution in [3.63, 3.8) is 0 Å². The molecule has 0 bridgehead atoms. The van der Waals surface area contributed by atoms with Crippen LogP contribution in [0.25, 0.3) is 11.6 Å². The second-order valence-electron chi connectivity index (χ2n) is 5.98. The number of methoxy groups -OCH3 is 2. The van der Waals surface area contributed by atoms with Gasteiger partial charge < -0.3 is 9.47 Å². The third-order valence-electron chi connectivity index (χ3n) is 4.25. The monoisotopic (exact) mass is 373 g/mol. The van der Waals surface area contributed by atoms with Gasteiger partial charge in [-0.25, -0.2) is 9.59 Å². The first kappa shape index (κ1) is 19.0. The number of hydrogen-bond donors (Lipinski definition) is 0. The van der Waals surface area contributed by atoms with Crippen molar-refractivity contribution in [2.45, 2.75) is 0 Å². The Hall–Kier alpha value is -3.73. The van der Waals surface area contributed by atoms with Crippen molar-refractivity contribution in [3.8, 4) is 0 Å². The molecular weight excluding hydrogens is 354 g/mol. The molecule has 28 heavy (non-hydrogen) atoms. The van der Waals surface area contributed by atoms with Crippen molar-refractivity contribution < 1.29 is 19.1 Å². The first-order valence-electron chi connectivity index (χ1n) is 8.61. The lowest BCUT2D eigenvalue weighted by Crippen LogP contribution is -2.01. The maximum Gasteiger partial charge on any atom is 0.337 e. The Labute approximate surface area is 163 Å². The Morgan fingerprint density at radius 1 is 0.679 bits per heavy atom. The summed E-state index contributed by atoms with van der Waals surface area (Å²) in [5.41, 5.74) is 4.80. The third-order valence-corrected chi connectivity index (χ3v) is 4.25. The van der Waals surface area contributed by atoms with E-state index in [2.05, 4.69) is 4.98 Å². The van der Waals surface area contributed by atoms with Gasteiger partial charge in [0, 0.05) is 12.4 Å². The molecule has 5 nitrogen and oxygen atoms in total. The summed E-state index contributed by atoms with van der Waals surface area (Å²) < 4.78 is 9.49. The van der Waals surface area contributed by atoms with Gasteiger partial charge in [-0.1, -0.05) is 24.3 Å². The van der Waals surface area contributed by atoms with Crippen molar-refractivity contribution in [1.29, 1.82) is 0 Å². The molecule has 0 N–H and O–H groups in total. The highest BCUT2D eigenvalue weighted by molar-refractivity contribution is 5.94. The molecule has 3 aromatic rings. The molecule has 0 amide bonds. The van der Waals surface area contributed by atoms with Crippen LogP contribution >= 0.6 is 0 Å². The fourth-order valence-electron chi connectivity index (χ4n) is 2.77. The second-order valence-corrected chi connectivity index (χ2v) is 5.98. The highest BCUT2D eigenvalue weighted by Gasteiger charge is 2.10. The number of carbonyl (C=O) groups excluding carboxylic acids is 2. The summed E-state index contributed by atoms with van der Waals surface area (Å²) in [5.74, 6) is -0.748. The topological polar surface area (TPSA) is 65.5 Å². The zero-order valence-electron chi connectivity index (χ0n) is 15.6. The Bertz CT molecular complexity index is 991. The van der Waals surface area contributed by atoms with Gasteiger partial charge in [-0.3, -0.25) is 4.98 Å². The molecular formula is C23H19NO4. The quantitative estimate of drug-likeness (QED) is 0.494. The summed E-state index contributed by atoms with van der Waals surface area (Å²) in [4.78, 5) is 27.4. The summed E-state index contributed by atoms with van der Waals surface area (Å²) in [5, 5.41) is 0. The van der Waals surface area contributed by atoms with Crippen LogP contribution in [0.1, 0.15) is 37.4 Å². The van der Waals surface area contributed by atoms with Gasteiger partial charge >= 0.3 is 11.9 Å². The molecule has 0 unspecified atom stereocenters. The van der Waals surface area contributed by atoms with E-state index in [1.807, 2.05) is 42.5 Å². The number of nitrogens with zero attached hydrogens (tertiary/aromatic N) is 1. The van der Waals surface area contributed by atoms with Gasteiger partial charge in [0.15, 0.2) is 0 Å². The van der Waals surface area contributed by atoms with Crippen LogP contribution in [0.5, 0.6) is 0 Å². The Balaban J connectivity index is 2.01. The van der Waals surface area contributed by atoms with Gasteiger partial charge in [0.05, 0.1) is 25.3 Å². The van der Waals surface area contributed by atoms with Gasteiger partial charge in [0.1, 0.15) is 0 Å². The Kier molecular flexibility index (Phi) is 5.97. The third kappa shape index (κ3) is 4.32. The molecule has 1 aromatic heterocycles. The van der Waals surface area contributed by atoms with Crippen molar-refractivity contribution in [1.82, 2.24) is 4.98 Å². The molecule has 0 atom stereocenters. The number of hydrogen-bond acceptors (Lipinski definition) is 5. The molecule has 5 heteroatoms. The maximum atomic E-state index is 11.7. The first-order chi connectivity index (χ1) is 13.6. The predicted octanol–water partition coefficient (Wildman–Crippen LogP) is 4.24. The zero-order valence-corrected chi connectivity index (χ0v) is 15.6. The van der Waals surface area contributed by atoms with Gasteiger partial charge in [-0.2, -0.15) is 0 Å². The van der Waals surface area contributed by atoms with E-state index in [0.717, 1.165) is 22.3 Å². The minimum absolute atomic E-state index is 0.372. The van der Waals surface area contributed by atoms with E-state index in [9.17, 15) is 9.59 Å². The maximum absolute atomic E-state index is 11.7. The predicted molar refractivity (Wildman–Crippen MR) is 107 cm³/mol. The molecule has 0 aliphatic carbocycles. The molecule has 140 valence electrons. The summed E-state index contributed by atoms with van der Waals surface area (Å²) in [6.07, 6.45) is 5.47. The van der Waals surface area contributed by atoms with Gasteiger partial charge in [-0.05, 0) is 64.7 Å². The summed E-state index contributed by atoms with van der Waals surface area (Å²) >= 11 is 0. The molecule has 0 fully saturated rings. The molecule has 0 aliphatic heterocycles. The number of benzene rings is 2. The molecule has 0 radical (unpaired) electrons. The lowest BCUT2D eigenvalue weighted by atomic mass is 9.95. The van der Waals surface area contributed by atoms with E-state index in [0.29, 0.717) is 11.1 Å². The average Bonchev–Trinajstić information content (AvgIpc) is 2.77. The smallest absolute Gasteiger partial charge is 0.337 e. The van der Waals surface area contributed by atoms with E-state index in [1.54, 1.807) is 36.7 Å². The Morgan fingerprint density at radius 2 is 1.11 bits per heavy atom. The summed E-state index contributed by atoms with van der Waals surface area (Å²) in [6, 6.07) is 18.2. The first-order valence-corrected chi connectivity index (χ1v) is 8.61. The largest absolute Gasteiger partial charge is 0.465 e. The fraction of sp³-hybridized carbons (Fsp3) is 0.0870. The molecule has 0 spiro atoms. The molecule has 3 rings (SSSR count). The van der Waals surface area contributed by atoms with Crippen LogP contribution in [0.2, 0.25) is 0 Å². The number of rotatable bonds is 5. The second kappa shape index (κ2) is 8.77. The van der Waals surface area contributed by atoms with Crippen LogP contribution in [-0.2, 0) is 9.47 Å². The normalized spacial score (nSPS) is 11.0. The number of ether oxygens (including phenoxy) is 2. The minimum Gasteiger partial charge on any atom is -0.465 e. The van der Waals surface area contributed by atoms with Crippen molar-refractivity contribution in [3.05, 3.63) is 101 Å². The molecule has 2 aromatic carbocycles. The Morgan fingerprint density at radius 3 is 1.61 bits per heavy atom. The molecule has 0 saturated heterocycles. The van der Waals surface area contributed by atoms with Crippen LogP contribution in [-0.4, -0.2) is 31.1 Å². The summed E-state index contributed by atoms with van der Waals surface area (Å²) in [6.45, 7) is 0. The minimum atomic E-state index is -0.376. The van der Waals surface area contributed by atoms with Gasteiger partial charge in [0.25, 0.3) is 0 Å². The van der Waals surface area contributed by atoms with Gasteiger partial charge in [0.2, 0.25) is 0 Å². The van der Waals surface area contributed by atoms with E-state index in [1.165, 1.54) is 14.2 Å². The van der Waals surface area contributed by atoms with Crippen LogP contribution in [0.4, 0.5) is 0 Å². The highest BCUT2D eigenvalue weighted by atomic mass is 16.5. The number of carbonyl (C=O) groups is 2. The lowest BCUT2D eigenvalue weighted by Gasteiger charge is -2.10.